The number of aromatic nitrogens is 1. The van der Waals surface area contributed by atoms with Gasteiger partial charge in [0.2, 0.25) is 10.0 Å². The van der Waals surface area contributed by atoms with Crippen LogP contribution in [0.1, 0.15) is 32.3 Å². The van der Waals surface area contributed by atoms with Crippen LogP contribution in [-0.2, 0) is 10.0 Å². The molecule has 0 unspecified atom stereocenters. The Morgan fingerprint density at radius 2 is 1.40 bits per heavy atom. The quantitative estimate of drug-likeness (QED) is 0.206. The van der Waals surface area contributed by atoms with E-state index in [4.69, 9.17) is 0 Å². The summed E-state index contributed by atoms with van der Waals surface area (Å²) in [5.74, 6) is 0. The topological polar surface area (TPSA) is 90.5 Å². The molecule has 8 heteroatoms. The van der Waals surface area contributed by atoms with Gasteiger partial charge < -0.3 is 9.78 Å². The number of nitrogens with zero attached hydrogens (tertiary/aromatic N) is 1. The number of benzene rings is 4. The van der Waals surface area contributed by atoms with Gasteiger partial charge in [0, 0.05) is 24.7 Å². The Kier molecular flexibility index (Phi) is 8.58. The number of nitrogens with one attached hydrogen (secondary N) is 1. The number of aromatic amines is 1. The van der Waals surface area contributed by atoms with Crippen LogP contribution in [0.15, 0.2) is 119 Å². The predicted octanol–water partition coefficient (Wildman–Crippen LogP) is 5.44. The van der Waals surface area contributed by atoms with Gasteiger partial charge in [0.05, 0.1) is 4.90 Å². The van der Waals surface area contributed by atoms with Crippen molar-refractivity contribution in [3.63, 3.8) is 0 Å². The summed E-state index contributed by atoms with van der Waals surface area (Å²) in [5.41, 5.74) is 2.20. The van der Waals surface area contributed by atoms with Crippen LogP contribution in [0.25, 0.3) is 22.0 Å². The van der Waals surface area contributed by atoms with Gasteiger partial charge in [-0.3, -0.25) is 4.79 Å². The fraction of sp³-hybridized carbons (Fsp3) is 0.229. The maximum atomic E-state index is 13.5. The van der Waals surface area contributed by atoms with Crippen molar-refractivity contribution in [2.24, 2.45) is 0 Å². The van der Waals surface area contributed by atoms with Gasteiger partial charge in [0.25, 0.3) is 13.9 Å². The van der Waals surface area contributed by atoms with Crippen LogP contribution in [0.2, 0.25) is 5.04 Å². The molecule has 0 atom stereocenters. The number of rotatable bonds is 10. The molecule has 1 aromatic heterocycles. The van der Waals surface area contributed by atoms with Crippen molar-refractivity contribution >= 4 is 39.5 Å². The Bertz CT molecular complexity index is 1850. The lowest BCUT2D eigenvalue weighted by molar-refractivity contribution is 0.414. The third kappa shape index (κ3) is 5.88. The van der Waals surface area contributed by atoms with Crippen molar-refractivity contribution in [1.82, 2.24) is 9.29 Å². The van der Waals surface area contributed by atoms with E-state index in [0.29, 0.717) is 30.5 Å². The van der Waals surface area contributed by atoms with Gasteiger partial charge in [-0.25, -0.2) is 12.7 Å². The number of hydrogen-bond acceptors (Lipinski definition) is 4. The number of hydrogen-bond donors (Lipinski definition) is 2. The molecule has 5 aromatic rings. The van der Waals surface area contributed by atoms with Crippen LogP contribution in [0, 0.1) is 6.92 Å². The first kappa shape index (κ1) is 30.6. The van der Waals surface area contributed by atoms with E-state index in [1.54, 1.807) is 37.4 Å². The van der Waals surface area contributed by atoms with Crippen molar-refractivity contribution in [2.45, 2.75) is 43.5 Å². The summed E-state index contributed by atoms with van der Waals surface area (Å²) >= 11 is 0. The number of H-pyrrole nitrogens is 1. The molecule has 0 saturated heterocycles. The summed E-state index contributed by atoms with van der Waals surface area (Å²) in [7, 11) is -5.31. The second-order valence-electron chi connectivity index (χ2n) is 11.8. The van der Waals surface area contributed by atoms with Crippen LogP contribution in [-0.4, -0.2) is 44.4 Å². The van der Waals surface area contributed by atoms with Gasteiger partial charge in [-0.2, -0.15) is 0 Å². The molecule has 0 amide bonds. The molecule has 0 spiro atoms. The highest BCUT2D eigenvalue weighted by molar-refractivity contribution is 7.89. The summed E-state index contributed by atoms with van der Waals surface area (Å²) in [4.78, 5) is 28.2. The van der Waals surface area contributed by atoms with E-state index in [1.807, 2.05) is 85.8 Å². The lowest BCUT2D eigenvalue weighted by atomic mass is 10.0. The first-order chi connectivity index (χ1) is 20.4. The predicted molar refractivity (Wildman–Crippen MR) is 178 cm³/mol. The molecule has 43 heavy (non-hydrogen) atoms. The highest BCUT2D eigenvalue weighted by Gasteiger charge is 2.49. The number of sulfonamides is 1. The summed E-state index contributed by atoms with van der Waals surface area (Å²) in [6, 6.07) is 33.9. The van der Waals surface area contributed by atoms with Crippen LogP contribution >= 0.6 is 0 Å². The molecule has 0 aliphatic heterocycles. The van der Waals surface area contributed by atoms with Crippen LogP contribution in [0.5, 0.6) is 0 Å². The Morgan fingerprint density at radius 1 is 0.814 bits per heavy atom. The summed E-state index contributed by atoms with van der Waals surface area (Å²) in [6.45, 7) is 6.46. The minimum atomic E-state index is -3.73. The average Bonchev–Trinajstić information content (AvgIpc) is 3.01. The molecule has 4 aromatic carbocycles. The van der Waals surface area contributed by atoms with Gasteiger partial charge in [-0.15, -0.1) is 0 Å². The van der Waals surface area contributed by atoms with Crippen LogP contribution in [0.3, 0.4) is 0 Å². The molecule has 6 nitrogen and oxygen atoms in total. The lowest BCUT2D eigenvalue weighted by Gasteiger charge is -2.41. The van der Waals surface area contributed by atoms with E-state index in [9.17, 15) is 18.0 Å². The standard InChI is InChI=1S/C35H38N2O4SSi/c1-26-13-11-18-31-32(26)25-33(36-34(31)38)27-19-21-28(22-20-27)42(39,40)37(4)24-12-23-35(2,3)43(41,29-14-7-5-8-15-29)30-16-9-6-10-17-30/h5-11,13-22,25,41H,12,23-24H2,1-4H3,(H,36,38). The van der Waals surface area contributed by atoms with Crippen molar-refractivity contribution < 1.29 is 13.2 Å². The van der Waals surface area contributed by atoms with E-state index in [-0.39, 0.29) is 10.5 Å². The van der Waals surface area contributed by atoms with Crippen molar-refractivity contribution in [1.29, 1.82) is 0 Å². The minimum absolute atomic E-state index is 0.176. The molecular weight excluding hydrogens is 573 g/mol. The van der Waals surface area contributed by atoms with E-state index in [0.717, 1.165) is 26.9 Å². The molecule has 0 aliphatic rings. The molecule has 1 heterocycles. The number of pyridine rings is 1. The van der Waals surface area contributed by atoms with E-state index >= 15 is 0 Å². The van der Waals surface area contributed by atoms with Crippen LogP contribution in [0.4, 0.5) is 0 Å². The Balaban J connectivity index is 1.32. The monoisotopic (exact) mass is 610 g/mol. The zero-order valence-corrected chi connectivity index (χ0v) is 26.9. The van der Waals surface area contributed by atoms with Crippen molar-refractivity contribution in [3.05, 3.63) is 125 Å². The summed E-state index contributed by atoms with van der Waals surface area (Å²) in [5, 5.41) is 2.92. The molecule has 0 radical (unpaired) electrons. The minimum Gasteiger partial charge on any atom is -0.424 e. The number of aryl methyl sites for hydroxylation is 1. The molecule has 0 aliphatic carbocycles. The maximum absolute atomic E-state index is 13.5. The van der Waals surface area contributed by atoms with Gasteiger partial charge in [0.15, 0.2) is 0 Å². The summed E-state index contributed by atoms with van der Waals surface area (Å²) < 4.78 is 28.3. The third-order valence-electron chi connectivity index (χ3n) is 8.62. The zero-order valence-electron chi connectivity index (χ0n) is 25.0. The van der Waals surface area contributed by atoms with Crippen molar-refractivity contribution in [2.75, 3.05) is 13.6 Å². The van der Waals surface area contributed by atoms with Crippen molar-refractivity contribution in [3.8, 4) is 11.3 Å². The SMILES string of the molecule is Cc1cccc2c(=O)[nH]c(-c3ccc(S(=O)(=O)N(C)CCCC(C)(C)[Si](O)(c4ccccc4)c4ccccc4)cc3)cc12. The maximum Gasteiger partial charge on any atom is 0.258 e. The molecular formula is C35H38N2O4SSi. The molecule has 222 valence electrons. The molecule has 2 N–H and O–H groups in total. The highest BCUT2D eigenvalue weighted by atomic mass is 32.2. The highest BCUT2D eigenvalue weighted by Crippen LogP contribution is 2.40. The lowest BCUT2D eigenvalue weighted by Crippen LogP contribution is -2.65. The van der Waals surface area contributed by atoms with E-state index < -0.39 is 23.4 Å². The Labute approximate surface area is 254 Å². The van der Waals surface area contributed by atoms with Gasteiger partial charge >= 0.3 is 0 Å². The van der Waals surface area contributed by atoms with E-state index in [1.165, 1.54) is 4.31 Å². The van der Waals surface area contributed by atoms with Gasteiger partial charge in [-0.1, -0.05) is 98.8 Å². The Morgan fingerprint density at radius 3 is 1.98 bits per heavy atom. The second-order valence-corrected chi connectivity index (χ2v) is 17.8. The Hall–Kier alpha value is -3.82. The molecule has 5 rings (SSSR count). The molecule has 0 bridgehead atoms. The molecule has 0 saturated carbocycles. The fourth-order valence-electron chi connectivity index (χ4n) is 5.93. The van der Waals surface area contributed by atoms with Crippen LogP contribution < -0.4 is 15.9 Å². The first-order valence-corrected chi connectivity index (χ1v) is 17.9. The van der Waals surface area contributed by atoms with E-state index in [2.05, 4.69) is 18.8 Å². The molecule has 0 fully saturated rings. The third-order valence-corrected chi connectivity index (χ3v) is 15.0. The van der Waals surface area contributed by atoms with Gasteiger partial charge in [0.1, 0.15) is 0 Å². The smallest absolute Gasteiger partial charge is 0.258 e. The first-order valence-electron chi connectivity index (χ1n) is 14.5. The number of fused-ring (bicyclic) bond motifs is 1. The average molecular weight is 611 g/mol. The zero-order chi connectivity index (χ0) is 30.8. The fourth-order valence-corrected chi connectivity index (χ4v) is 10.9. The largest absolute Gasteiger partial charge is 0.424 e. The second kappa shape index (κ2) is 12.0. The summed E-state index contributed by atoms with van der Waals surface area (Å²) in [6.07, 6.45) is 1.24. The van der Waals surface area contributed by atoms with Gasteiger partial charge in [-0.05, 0) is 76.0 Å². The normalized spacial score (nSPS) is 12.6.